The van der Waals surface area contributed by atoms with E-state index in [4.69, 9.17) is 4.74 Å². The van der Waals surface area contributed by atoms with Crippen molar-refractivity contribution < 1.29 is 13.9 Å². The van der Waals surface area contributed by atoms with Crippen molar-refractivity contribution in [1.29, 1.82) is 0 Å². The third-order valence-corrected chi connectivity index (χ3v) is 2.48. The minimum atomic E-state index is -0.398. The maximum absolute atomic E-state index is 12.9. The zero-order valence-corrected chi connectivity index (χ0v) is 10.7. The summed E-state index contributed by atoms with van der Waals surface area (Å²) in [4.78, 5) is 11.6. The lowest BCUT2D eigenvalue weighted by Crippen LogP contribution is -2.25. The fraction of sp³-hybridized carbons (Fsp3) is 0.500. The molecule has 0 aliphatic carbocycles. The Kier molecular flexibility index (Phi) is 7.03. The lowest BCUT2D eigenvalue weighted by atomic mass is 10.2. The molecule has 0 saturated carbocycles. The number of unbranched alkanes of at least 4 members (excludes halogenated alkanes) is 1. The second kappa shape index (κ2) is 8.64. The van der Waals surface area contributed by atoms with E-state index >= 15 is 0 Å². The monoisotopic (exact) mass is 253 g/mol. The maximum Gasteiger partial charge on any atom is 0.251 e. The van der Waals surface area contributed by atoms with Crippen molar-refractivity contribution >= 4 is 5.91 Å². The highest BCUT2D eigenvalue weighted by molar-refractivity contribution is 5.94. The predicted octanol–water partition coefficient (Wildman–Crippen LogP) is 2.76. The molecule has 0 spiro atoms. The number of nitrogens with one attached hydrogen (secondary N) is 1. The molecule has 0 bridgehead atoms. The van der Waals surface area contributed by atoms with Gasteiger partial charge >= 0.3 is 0 Å². The van der Waals surface area contributed by atoms with Gasteiger partial charge in [0.15, 0.2) is 0 Å². The van der Waals surface area contributed by atoms with Crippen molar-refractivity contribution in [2.24, 2.45) is 0 Å². The van der Waals surface area contributed by atoms with E-state index in [1.54, 1.807) is 6.07 Å². The Hall–Kier alpha value is -1.42. The molecule has 0 atom stereocenters. The third kappa shape index (κ3) is 5.77. The molecule has 100 valence electrons. The van der Waals surface area contributed by atoms with Crippen LogP contribution in [0.15, 0.2) is 24.3 Å². The van der Waals surface area contributed by atoms with E-state index in [1.165, 1.54) is 18.2 Å². The van der Waals surface area contributed by atoms with E-state index in [0.717, 1.165) is 25.9 Å². The van der Waals surface area contributed by atoms with Crippen LogP contribution in [-0.2, 0) is 4.74 Å². The molecule has 1 rings (SSSR count). The summed E-state index contributed by atoms with van der Waals surface area (Å²) in [6.07, 6.45) is 2.96. The highest BCUT2D eigenvalue weighted by Gasteiger charge is 2.04. The van der Waals surface area contributed by atoms with Crippen molar-refractivity contribution in [1.82, 2.24) is 5.32 Å². The minimum absolute atomic E-state index is 0.247. The van der Waals surface area contributed by atoms with E-state index in [0.29, 0.717) is 18.7 Å². The fourth-order valence-electron chi connectivity index (χ4n) is 1.46. The maximum atomic E-state index is 12.9. The Labute approximate surface area is 107 Å². The number of carbonyl (C=O) groups excluding carboxylic acids is 1. The first-order valence-electron chi connectivity index (χ1n) is 6.35. The SMILES string of the molecule is CCCCOCCCNC(=O)c1cccc(F)c1. The zero-order valence-electron chi connectivity index (χ0n) is 10.7. The molecule has 1 amide bonds. The molecule has 0 aliphatic rings. The van der Waals surface area contributed by atoms with Crippen molar-refractivity contribution in [3.8, 4) is 0 Å². The van der Waals surface area contributed by atoms with Gasteiger partial charge in [0, 0.05) is 25.3 Å². The van der Waals surface area contributed by atoms with Gasteiger partial charge < -0.3 is 10.1 Å². The van der Waals surface area contributed by atoms with Gasteiger partial charge in [0.25, 0.3) is 5.91 Å². The van der Waals surface area contributed by atoms with Gasteiger partial charge in [0.1, 0.15) is 5.82 Å². The summed E-state index contributed by atoms with van der Waals surface area (Å²) in [5, 5.41) is 2.73. The first-order chi connectivity index (χ1) is 8.74. The molecule has 0 heterocycles. The van der Waals surface area contributed by atoms with Crippen LogP contribution in [0.2, 0.25) is 0 Å². The average molecular weight is 253 g/mol. The highest BCUT2D eigenvalue weighted by Crippen LogP contribution is 2.02. The quantitative estimate of drug-likeness (QED) is 0.723. The molecule has 0 fully saturated rings. The molecule has 18 heavy (non-hydrogen) atoms. The van der Waals surface area contributed by atoms with Crippen molar-refractivity contribution in [3.63, 3.8) is 0 Å². The van der Waals surface area contributed by atoms with Crippen LogP contribution < -0.4 is 5.32 Å². The summed E-state index contributed by atoms with van der Waals surface area (Å²) in [5.41, 5.74) is 0.349. The third-order valence-electron chi connectivity index (χ3n) is 2.48. The standard InChI is InChI=1S/C14H20FNO2/c1-2-3-9-18-10-5-8-16-14(17)12-6-4-7-13(15)11-12/h4,6-7,11H,2-3,5,8-10H2,1H3,(H,16,17). The number of halogens is 1. The fourth-order valence-corrected chi connectivity index (χ4v) is 1.46. The van der Waals surface area contributed by atoms with E-state index in [2.05, 4.69) is 12.2 Å². The number of rotatable bonds is 8. The highest BCUT2D eigenvalue weighted by atomic mass is 19.1. The number of carbonyl (C=O) groups is 1. The smallest absolute Gasteiger partial charge is 0.251 e. The predicted molar refractivity (Wildman–Crippen MR) is 69.1 cm³/mol. The van der Waals surface area contributed by atoms with Crippen LogP contribution >= 0.6 is 0 Å². The van der Waals surface area contributed by atoms with Crippen LogP contribution in [0.4, 0.5) is 4.39 Å². The van der Waals surface area contributed by atoms with Crippen LogP contribution in [0.5, 0.6) is 0 Å². The van der Waals surface area contributed by atoms with Crippen LogP contribution in [-0.4, -0.2) is 25.7 Å². The number of amides is 1. The van der Waals surface area contributed by atoms with E-state index in [1.807, 2.05) is 0 Å². The number of hydrogen-bond donors (Lipinski definition) is 1. The Morgan fingerprint density at radius 1 is 1.33 bits per heavy atom. The number of benzene rings is 1. The lowest BCUT2D eigenvalue weighted by molar-refractivity contribution is 0.0940. The summed E-state index contributed by atoms with van der Waals surface area (Å²) in [7, 11) is 0. The first kappa shape index (κ1) is 14.6. The van der Waals surface area contributed by atoms with Gasteiger partial charge in [-0.15, -0.1) is 0 Å². The van der Waals surface area contributed by atoms with Crippen molar-refractivity contribution in [2.45, 2.75) is 26.2 Å². The van der Waals surface area contributed by atoms with Gasteiger partial charge in [-0.2, -0.15) is 0 Å². The zero-order chi connectivity index (χ0) is 13.2. The minimum Gasteiger partial charge on any atom is -0.381 e. The topological polar surface area (TPSA) is 38.3 Å². The Morgan fingerprint density at radius 3 is 2.83 bits per heavy atom. The first-order valence-corrected chi connectivity index (χ1v) is 6.35. The molecule has 0 aromatic heterocycles. The van der Waals surface area contributed by atoms with Crippen molar-refractivity contribution in [3.05, 3.63) is 35.6 Å². The second-order valence-corrected chi connectivity index (χ2v) is 4.09. The summed E-state index contributed by atoms with van der Waals surface area (Å²) >= 11 is 0. The Balaban J connectivity index is 2.14. The van der Waals surface area contributed by atoms with Gasteiger partial charge in [0.2, 0.25) is 0 Å². The molecular formula is C14H20FNO2. The molecule has 0 aliphatic heterocycles. The second-order valence-electron chi connectivity index (χ2n) is 4.09. The Morgan fingerprint density at radius 2 is 2.11 bits per heavy atom. The summed E-state index contributed by atoms with van der Waals surface area (Å²) in [6.45, 7) is 4.07. The normalized spacial score (nSPS) is 10.3. The van der Waals surface area contributed by atoms with Crippen LogP contribution in [0.3, 0.4) is 0 Å². The molecular weight excluding hydrogens is 233 g/mol. The van der Waals surface area contributed by atoms with Crippen LogP contribution in [0.25, 0.3) is 0 Å². The summed E-state index contributed by atoms with van der Waals surface area (Å²) < 4.78 is 18.3. The van der Waals surface area contributed by atoms with E-state index in [-0.39, 0.29) is 5.91 Å². The molecule has 4 heteroatoms. The van der Waals surface area contributed by atoms with Crippen molar-refractivity contribution in [2.75, 3.05) is 19.8 Å². The summed E-state index contributed by atoms with van der Waals surface area (Å²) in [5.74, 6) is -0.645. The van der Waals surface area contributed by atoms with Crippen LogP contribution in [0, 0.1) is 5.82 Å². The van der Waals surface area contributed by atoms with Gasteiger partial charge in [0.05, 0.1) is 0 Å². The molecule has 1 aromatic carbocycles. The molecule has 1 N–H and O–H groups in total. The van der Waals surface area contributed by atoms with Gasteiger partial charge in [-0.1, -0.05) is 19.4 Å². The molecule has 3 nitrogen and oxygen atoms in total. The van der Waals surface area contributed by atoms with Gasteiger partial charge in [-0.05, 0) is 31.0 Å². The van der Waals surface area contributed by atoms with E-state index < -0.39 is 5.82 Å². The Bertz CT molecular complexity index is 369. The largest absolute Gasteiger partial charge is 0.381 e. The van der Waals surface area contributed by atoms with Crippen LogP contribution in [0.1, 0.15) is 36.5 Å². The number of hydrogen-bond acceptors (Lipinski definition) is 2. The summed E-state index contributed by atoms with van der Waals surface area (Å²) in [6, 6.07) is 5.67. The van der Waals surface area contributed by atoms with Gasteiger partial charge in [-0.25, -0.2) is 4.39 Å². The molecule has 0 saturated heterocycles. The average Bonchev–Trinajstić information content (AvgIpc) is 2.37. The lowest BCUT2D eigenvalue weighted by Gasteiger charge is -2.06. The van der Waals surface area contributed by atoms with Gasteiger partial charge in [-0.3, -0.25) is 4.79 Å². The van der Waals surface area contributed by atoms with E-state index in [9.17, 15) is 9.18 Å². The molecule has 0 radical (unpaired) electrons. The molecule has 1 aromatic rings. The molecule has 0 unspecified atom stereocenters. The number of ether oxygens (including phenoxy) is 1.